The Bertz CT molecular complexity index is 596. The van der Waals surface area contributed by atoms with Gasteiger partial charge in [-0.1, -0.05) is 6.07 Å². The van der Waals surface area contributed by atoms with Crippen LogP contribution in [-0.2, 0) is 32.1 Å². The molecule has 1 aromatic carbocycles. The van der Waals surface area contributed by atoms with Crippen molar-refractivity contribution >= 4 is 23.6 Å². The van der Waals surface area contributed by atoms with Crippen molar-refractivity contribution in [1.82, 2.24) is 0 Å². The van der Waals surface area contributed by atoms with E-state index in [4.69, 9.17) is 20.7 Å². The monoisotopic (exact) mass is 309 g/mol. The average molecular weight is 309 g/mol. The summed E-state index contributed by atoms with van der Waals surface area (Å²) in [5, 5.41) is 17.9. The van der Waals surface area contributed by atoms with Crippen LogP contribution in [0.1, 0.15) is 30.0 Å². The lowest BCUT2D eigenvalue weighted by Crippen LogP contribution is -2.21. The van der Waals surface area contributed by atoms with Crippen LogP contribution in [0.3, 0.4) is 0 Å². The van der Waals surface area contributed by atoms with Crippen LogP contribution in [0.2, 0.25) is 0 Å². The zero-order chi connectivity index (χ0) is 16.9. The minimum Gasteiger partial charge on any atom is -0.481 e. The maximum Gasteiger partial charge on any atom is 0.307 e. The van der Waals surface area contributed by atoms with E-state index < -0.39 is 30.2 Å². The second-order valence-corrected chi connectivity index (χ2v) is 5.03. The fourth-order valence-corrected chi connectivity index (χ4v) is 2.12. The number of ether oxygens (including phenoxy) is 1. The van der Waals surface area contributed by atoms with E-state index in [2.05, 4.69) is 0 Å². The standard InChI is InChI=1S/C15H19NO6/c1-8-12(7-22-9(2)17)10(3-4-13(8)16)5-11(15(20)21)6-14(18)19/h3-4,11H,5-7,16H2,1-2H3,(H,18,19)(H,20,21)/t11-/m0/s1. The smallest absolute Gasteiger partial charge is 0.307 e. The van der Waals surface area contributed by atoms with Gasteiger partial charge < -0.3 is 20.7 Å². The Labute approximate surface area is 127 Å². The van der Waals surface area contributed by atoms with Gasteiger partial charge in [-0.3, -0.25) is 14.4 Å². The Balaban J connectivity index is 3.10. The topological polar surface area (TPSA) is 127 Å². The second-order valence-electron chi connectivity index (χ2n) is 5.03. The molecule has 0 saturated carbocycles. The summed E-state index contributed by atoms with van der Waals surface area (Å²) in [6, 6.07) is 3.26. The van der Waals surface area contributed by atoms with Gasteiger partial charge >= 0.3 is 17.9 Å². The third-order valence-electron chi connectivity index (χ3n) is 3.39. The van der Waals surface area contributed by atoms with E-state index in [9.17, 15) is 14.4 Å². The highest BCUT2D eigenvalue weighted by Gasteiger charge is 2.23. The van der Waals surface area contributed by atoms with Crippen LogP contribution in [-0.4, -0.2) is 28.1 Å². The zero-order valence-electron chi connectivity index (χ0n) is 12.5. The molecule has 0 bridgehead atoms. The van der Waals surface area contributed by atoms with Crippen molar-refractivity contribution in [3.8, 4) is 0 Å². The molecule has 0 aliphatic heterocycles. The van der Waals surface area contributed by atoms with E-state index in [0.717, 1.165) is 0 Å². The molecule has 0 aromatic heterocycles. The number of carboxylic acid groups (broad SMARTS) is 2. The number of aliphatic carboxylic acids is 2. The number of anilines is 1. The molecule has 4 N–H and O–H groups in total. The summed E-state index contributed by atoms with van der Waals surface area (Å²) in [5.41, 5.74) is 8.24. The van der Waals surface area contributed by atoms with Crippen molar-refractivity contribution in [3.63, 3.8) is 0 Å². The van der Waals surface area contributed by atoms with Crippen LogP contribution in [0.25, 0.3) is 0 Å². The second kappa shape index (κ2) is 7.44. The maximum atomic E-state index is 11.2. The molecule has 0 aliphatic carbocycles. The minimum atomic E-state index is -1.18. The quantitative estimate of drug-likeness (QED) is 0.512. The average Bonchev–Trinajstić information content (AvgIpc) is 2.40. The zero-order valence-corrected chi connectivity index (χ0v) is 12.5. The number of nitrogen functional groups attached to an aromatic ring is 1. The van der Waals surface area contributed by atoms with Gasteiger partial charge in [0.25, 0.3) is 0 Å². The van der Waals surface area contributed by atoms with Crippen molar-refractivity contribution in [3.05, 3.63) is 28.8 Å². The summed E-state index contributed by atoms with van der Waals surface area (Å²) in [6.45, 7) is 2.98. The Kier molecular flexibility index (Phi) is 5.91. The lowest BCUT2D eigenvalue weighted by atomic mass is 9.91. The summed E-state index contributed by atoms with van der Waals surface area (Å²) in [7, 11) is 0. The molecule has 22 heavy (non-hydrogen) atoms. The van der Waals surface area contributed by atoms with Crippen LogP contribution in [0, 0.1) is 12.8 Å². The van der Waals surface area contributed by atoms with E-state index in [1.54, 1.807) is 19.1 Å². The van der Waals surface area contributed by atoms with Crippen LogP contribution < -0.4 is 5.73 Å². The number of carbonyl (C=O) groups is 3. The first-order chi connectivity index (χ1) is 10.2. The fraction of sp³-hybridized carbons (Fsp3) is 0.400. The van der Waals surface area contributed by atoms with E-state index in [1.807, 2.05) is 0 Å². The van der Waals surface area contributed by atoms with Crippen LogP contribution in [0.4, 0.5) is 5.69 Å². The molecular formula is C15H19NO6. The predicted octanol–water partition coefficient (Wildman–Crippen LogP) is 1.36. The molecule has 1 aromatic rings. The number of rotatable bonds is 7. The molecule has 7 nitrogen and oxygen atoms in total. The van der Waals surface area contributed by atoms with Gasteiger partial charge in [-0.15, -0.1) is 0 Å². The molecule has 1 rings (SSSR count). The lowest BCUT2D eigenvalue weighted by Gasteiger charge is -2.17. The van der Waals surface area contributed by atoms with Gasteiger partial charge in [0.15, 0.2) is 0 Å². The molecule has 7 heteroatoms. The molecule has 0 spiro atoms. The first kappa shape index (κ1) is 17.5. The first-order valence-electron chi connectivity index (χ1n) is 6.67. The van der Waals surface area contributed by atoms with Crippen molar-refractivity contribution < 1.29 is 29.3 Å². The van der Waals surface area contributed by atoms with E-state index in [-0.39, 0.29) is 13.0 Å². The number of carboxylic acids is 2. The first-order valence-corrected chi connectivity index (χ1v) is 6.67. The summed E-state index contributed by atoms with van der Waals surface area (Å²) >= 11 is 0. The van der Waals surface area contributed by atoms with Crippen LogP contribution >= 0.6 is 0 Å². The lowest BCUT2D eigenvalue weighted by molar-refractivity contribution is -0.148. The number of nitrogens with two attached hydrogens (primary N) is 1. The normalized spacial score (nSPS) is 11.7. The van der Waals surface area contributed by atoms with Gasteiger partial charge in [-0.25, -0.2) is 0 Å². The number of benzene rings is 1. The van der Waals surface area contributed by atoms with E-state index >= 15 is 0 Å². The van der Waals surface area contributed by atoms with Gasteiger partial charge in [0.1, 0.15) is 6.61 Å². The summed E-state index contributed by atoms with van der Waals surface area (Å²) in [6.07, 6.45) is -0.453. The summed E-state index contributed by atoms with van der Waals surface area (Å²) in [4.78, 5) is 32.9. The molecule has 0 unspecified atom stereocenters. The molecule has 0 radical (unpaired) electrons. The van der Waals surface area contributed by atoms with Gasteiger partial charge in [-0.05, 0) is 36.1 Å². The van der Waals surface area contributed by atoms with Gasteiger partial charge in [0.2, 0.25) is 0 Å². The highest BCUT2D eigenvalue weighted by Crippen LogP contribution is 2.25. The molecule has 0 heterocycles. The summed E-state index contributed by atoms with van der Waals surface area (Å²) < 4.78 is 4.97. The van der Waals surface area contributed by atoms with Gasteiger partial charge in [0.05, 0.1) is 12.3 Å². The van der Waals surface area contributed by atoms with Crippen LogP contribution in [0.15, 0.2) is 12.1 Å². The Morgan fingerprint density at radius 2 is 1.91 bits per heavy atom. The Morgan fingerprint density at radius 1 is 1.27 bits per heavy atom. The third kappa shape index (κ3) is 4.76. The number of carbonyl (C=O) groups excluding carboxylic acids is 1. The molecule has 0 fully saturated rings. The number of hydrogen-bond acceptors (Lipinski definition) is 5. The fourth-order valence-electron chi connectivity index (χ4n) is 2.12. The number of hydrogen-bond donors (Lipinski definition) is 3. The molecule has 1 atom stereocenters. The highest BCUT2D eigenvalue weighted by molar-refractivity contribution is 5.78. The van der Waals surface area contributed by atoms with E-state index in [1.165, 1.54) is 6.92 Å². The molecular weight excluding hydrogens is 290 g/mol. The Hall–Kier alpha value is -2.57. The molecule has 0 saturated heterocycles. The molecule has 0 aliphatic rings. The third-order valence-corrected chi connectivity index (χ3v) is 3.39. The van der Waals surface area contributed by atoms with Crippen molar-refractivity contribution in [1.29, 1.82) is 0 Å². The predicted molar refractivity (Wildman–Crippen MR) is 78.1 cm³/mol. The van der Waals surface area contributed by atoms with Crippen molar-refractivity contribution in [2.75, 3.05) is 5.73 Å². The van der Waals surface area contributed by atoms with Crippen molar-refractivity contribution in [2.45, 2.75) is 33.3 Å². The maximum absolute atomic E-state index is 11.2. The van der Waals surface area contributed by atoms with Crippen LogP contribution in [0.5, 0.6) is 0 Å². The Morgan fingerprint density at radius 3 is 2.41 bits per heavy atom. The van der Waals surface area contributed by atoms with Gasteiger partial charge in [-0.2, -0.15) is 0 Å². The van der Waals surface area contributed by atoms with E-state index in [0.29, 0.717) is 22.4 Å². The summed E-state index contributed by atoms with van der Waals surface area (Å²) in [5.74, 6) is -3.89. The number of esters is 1. The largest absolute Gasteiger partial charge is 0.481 e. The molecule has 120 valence electrons. The van der Waals surface area contributed by atoms with Crippen molar-refractivity contribution in [2.24, 2.45) is 5.92 Å². The molecule has 0 amide bonds. The minimum absolute atomic E-state index is 0.0268. The van der Waals surface area contributed by atoms with Gasteiger partial charge in [0, 0.05) is 12.6 Å². The SMILES string of the molecule is CC(=O)OCc1c(C[C@@H](CC(=O)O)C(=O)O)ccc(N)c1C. The highest BCUT2D eigenvalue weighted by atomic mass is 16.5.